The van der Waals surface area contributed by atoms with Crippen molar-refractivity contribution in [1.82, 2.24) is 0 Å². The van der Waals surface area contributed by atoms with E-state index in [2.05, 4.69) is 33.8 Å². The predicted octanol–water partition coefficient (Wildman–Crippen LogP) is 3.92. The molecule has 0 fully saturated rings. The molecular formula is C12H21N. The summed E-state index contributed by atoms with van der Waals surface area (Å²) in [5, 5.41) is 8.40. The van der Waals surface area contributed by atoms with Crippen LogP contribution in [0.25, 0.3) is 0 Å². The van der Waals surface area contributed by atoms with Gasteiger partial charge in [0.25, 0.3) is 0 Å². The second-order valence-corrected chi connectivity index (χ2v) is 4.35. The van der Waals surface area contributed by atoms with Gasteiger partial charge in [-0.05, 0) is 31.6 Å². The highest BCUT2D eigenvalue weighted by molar-refractivity contribution is 5.02. The molecule has 0 saturated carbocycles. The van der Waals surface area contributed by atoms with E-state index in [1.54, 1.807) is 0 Å². The van der Waals surface area contributed by atoms with Crippen LogP contribution in [0.5, 0.6) is 0 Å². The van der Waals surface area contributed by atoms with Gasteiger partial charge in [0.2, 0.25) is 0 Å². The summed E-state index contributed by atoms with van der Waals surface area (Å²) in [4.78, 5) is 0. The first-order valence-electron chi connectivity index (χ1n) is 5.08. The van der Waals surface area contributed by atoms with Gasteiger partial charge in [-0.2, -0.15) is 5.26 Å². The van der Waals surface area contributed by atoms with Gasteiger partial charge in [0.1, 0.15) is 0 Å². The number of hydrogen-bond donors (Lipinski definition) is 0. The average molecular weight is 179 g/mol. The second-order valence-electron chi connectivity index (χ2n) is 4.35. The minimum absolute atomic E-state index is 0.556. The Labute approximate surface area is 82.5 Å². The molecule has 0 spiro atoms. The summed E-state index contributed by atoms with van der Waals surface area (Å²) in [5.74, 6) is 1.52. The maximum absolute atomic E-state index is 8.40. The summed E-state index contributed by atoms with van der Waals surface area (Å²) in [5.41, 5.74) is 1.36. The molecule has 1 heteroatoms. The van der Waals surface area contributed by atoms with Crippen molar-refractivity contribution >= 4 is 0 Å². The molecule has 1 nitrogen and oxygen atoms in total. The van der Waals surface area contributed by atoms with Crippen LogP contribution in [0.15, 0.2) is 11.6 Å². The van der Waals surface area contributed by atoms with E-state index in [1.165, 1.54) is 12.0 Å². The van der Waals surface area contributed by atoms with E-state index >= 15 is 0 Å². The zero-order valence-electron chi connectivity index (χ0n) is 9.30. The van der Waals surface area contributed by atoms with Crippen molar-refractivity contribution in [2.24, 2.45) is 11.8 Å². The molecule has 74 valence electrons. The molecule has 0 rings (SSSR count). The van der Waals surface area contributed by atoms with Crippen LogP contribution in [0.4, 0.5) is 0 Å². The number of nitrogens with zero attached hydrogens (tertiary/aromatic N) is 1. The molecule has 0 radical (unpaired) electrons. The largest absolute Gasteiger partial charge is 0.198 e. The normalized spacial score (nSPS) is 14.3. The Hall–Kier alpha value is -0.770. The summed E-state index contributed by atoms with van der Waals surface area (Å²) >= 11 is 0. The molecule has 1 unspecified atom stereocenters. The molecule has 0 heterocycles. The zero-order chi connectivity index (χ0) is 10.3. The van der Waals surface area contributed by atoms with Gasteiger partial charge in [0.05, 0.1) is 12.5 Å². The number of rotatable bonds is 5. The minimum atomic E-state index is 0.556. The van der Waals surface area contributed by atoms with Crippen LogP contribution in [0.1, 0.15) is 47.0 Å². The average Bonchev–Trinajstić information content (AvgIpc) is 1.98. The van der Waals surface area contributed by atoms with Crippen molar-refractivity contribution in [1.29, 1.82) is 5.26 Å². The number of hydrogen-bond acceptors (Lipinski definition) is 1. The monoisotopic (exact) mass is 179 g/mol. The van der Waals surface area contributed by atoms with E-state index in [4.69, 9.17) is 5.26 Å². The number of allylic oxidation sites excluding steroid dienone is 2. The molecule has 0 aliphatic heterocycles. The van der Waals surface area contributed by atoms with Gasteiger partial charge in [0, 0.05) is 0 Å². The maximum Gasteiger partial charge on any atom is 0.0663 e. The molecule has 0 bridgehead atoms. The van der Waals surface area contributed by atoms with Crippen molar-refractivity contribution in [3.8, 4) is 6.07 Å². The zero-order valence-corrected chi connectivity index (χ0v) is 9.30. The predicted molar refractivity (Wildman–Crippen MR) is 57.2 cm³/mol. The van der Waals surface area contributed by atoms with Crippen molar-refractivity contribution in [3.63, 3.8) is 0 Å². The van der Waals surface area contributed by atoms with Gasteiger partial charge < -0.3 is 0 Å². The van der Waals surface area contributed by atoms with Gasteiger partial charge in [-0.1, -0.05) is 32.4 Å². The summed E-state index contributed by atoms with van der Waals surface area (Å²) in [6, 6.07) is 2.14. The van der Waals surface area contributed by atoms with E-state index in [0.29, 0.717) is 6.42 Å². The topological polar surface area (TPSA) is 23.8 Å². The molecule has 0 amide bonds. The molecular weight excluding hydrogens is 158 g/mol. The van der Waals surface area contributed by atoms with Crippen LogP contribution in [0.2, 0.25) is 0 Å². The Morgan fingerprint density at radius 2 is 2.00 bits per heavy atom. The standard InChI is InChI=1S/C12H21N/c1-10(2)8-12(4)9-11(3)6-5-7-13/h6,10,12H,5,8-9H2,1-4H3/b11-6+. The highest BCUT2D eigenvalue weighted by Crippen LogP contribution is 2.18. The van der Waals surface area contributed by atoms with Gasteiger partial charge in [-0.25, -0.2) is 0 Å². The third kappa shape index (κ3) is 7.59. The lowest BCUT2D eigenvalue weighted by molar-refractivity contribution is 0.436. The number of nitriles is 1. The Morgan fingerprint density at radius 3 is 2.46 bits per heavy atom. The highest BCUT2D eigenvalue weighted by atomic mass is 14.2. The third-order valence-electron chi connectivity index (χ3n) is 2.09. The molecule has 0 aliphatic rings. The van der Waals surface area contributed by atoms with Gasteiger partial charge >= 0.3 is 0 Å². The second kappa shape index (κ2) is 6.71. The summed E-state index contributed by atoms with van der Waals surface area (Å²) in [6.07, 6.45) is 5.01. The minimum Gasteiger partial charge on any atom is -0.198 e. The fraction of sp³-hybridized carbons (Fsp3) is 0.750. The van der Waals surface area contributed by atoms with Gasteiger partial charge in [-0.3, -0.25) is 0 Å². The Morgan fingerprint density at radius 1 is 1.38 bits per heavy atom. The van der Waals surface area contributed by atoms with Crippen LogP contribution >= 0.6 is 0 Å². The van der Waals surface area contributed by atoms with Crippen LogP contribution in [0, 0.1) is 23.2 Å². The molecule has 0 aromatic carbocycles. The van der Waals surface area contributed by atoms with Crippen molar-refractivity contribution in [3.05, 3.63) is 11.6 Å². The summed E-state index contributed by atoms with van der Waals surface area (Å²) in [7, 11) is 0. The van der Waals surface area contributed by atoms with Crippen LogP contribution in [-0.2, 0) is 0 Å². The van der Waals surface area contributed by atoms with E-state index in [1.807, 2.05) is 6.08 Å². The summed E-state index contributed by atoms with van der Waals surface area (Å²) < 4.78 is 0. The Kier molecular flexibility index (Phi) is 6.32. The fourth-order valence-corrected chi connectivity index (χ4v) is 1.74. The lowest BCUT2D eigenvalue weighted by Gasteiger charge is -2.13. The SMILES string of the molecule is C/C(=C\CC#N)CC(C)CC(C)C. The van der Waals surface area contributed by atoms with Gasteiger partial charge in [0.15, 0.2) is 0 Å². The Bertz CT molecular complexity index is 196. The molecule has 0 N–H and O–H groups in total. The Balaban J connectivity index is 3.78. The molecule has 0 aliphatic carbocycles. The van der Waals surface area contributed by atoms with E-state index < -0.39 is 0 Å². The molecule has 0 aromatic heterocycles. The molecule has 0 saturated heterocycles. The first-order valence-corrected chi connectivity index (χ1v) is 5.08. The molecule has 13 heavy (non-hydrogen) atoms. The maximum atomic E-state index is 8.40. The van der Waals surface area contributed by atoms with Crippen LogP contribution in [0.3, 0.4) is 0 Å². The first kappa shape index (κ1) is 12.2. The smallest absolute Gasteiger partial charge is 0.0663 e. The van der Waals surface area contributed by atoms with Gasteiger partial charge in [-0.15, -0.1) is 0 Å². The van der Waals surface area contributed by atoms with Crippen LogP contribution < -0.4 is 0 Å². The fourth-order valence-electron chi connectivity index (χ4n) is 1.74. The summed E-state index contributed by atoms with van der Waals surface area (Å²) in [6.45, 7) is 8.91. The van der Waals surface area contributed by atoms with E-state index in [0.717, 1.165) is 18.3 Å². The lowest BCUT2D eigenvalue weighted by atomic mass is 9.93. The third-order valence-corrected chi connectivity index (χ3v) is 2.09. The van der Waals surface area contributed by atoms with Crippen molar-refractivity contribution in [2.75, 3.05) is 0 Å². The van der Waals surface area contributed by atoms with E-state index in [9.17, 15) is 0 Å². The van der Waals surface area contributed by atoms with E-state index in [-0.39, 0.29) is 0 Å². The lowest BCUT2D eigenvalue weighted by Crippen LogP contribution is -2.00. The van der Waals surface area contributed by atoms with Crippen molar-refractivity contribution < 1.29 is 0 Å². The quantitative estimate of drug-likeness (QED) is 0.587. The highest BCUT2D eigenvalue weighted by Gasteiger charge is 2.05. The molecule has 0 aromatic rings. The van der Waals surface area contributed by atoms with Crippen molar-refractivity contribution in [2.45, 2.75) is 47.0 Å². The van der Waals surface area contributed by atoms with Crippen LogP contribution in [-0.4, -0.2) is 0 Å². The molecule has 1 atom stereocenters. The first-order chi connectivity index (χ1) is 6.06.